The van der Waals surface area contributed by atoms with Crippen molar-refractivity contribution in [3.63, 3.8) is 0 Å². The first-order valence-electron chi connectivity index (χ1n) is 7.16. The van der Waals surface area contributed by atoms with E-state index in [4.69, 9.17) is 16.3 Å². The van der Waals surface area contributed by atoms with Gasteiger partial charge in [-0.05, 0) is 32.0 Å². The number of likely N-dealkylation sites (N-methyl/N-ethyl adjacent to an activating group) is 1. The summed E-state index contributed by atoms with van der Waals surface area (Å²) in [4.78, 5) is 2.13. The van der Waals surface area contributed by atoms with Crippen LogP contribution in [0.3, 0.4) is 0 Å². The van der Waals surface area contributed by atoms with Gasteiger partial charge in [-0.3, -0.25) is 4.90 Å². The Kier molecular flexibility index (Phi) is 4.26. The molecule has 1 aromatic rings. The van der Waals surface area contributed by atoms with Gasteiger partial charge < -0.3 is 10.1 Å². The van der Waals surface area contributed by atoms with Crippen molar-refractivity contribution in [2.75, 3.05) is 26.7 Å². The highest BCUT2D eigenvalue weighted by Gasteiger charge is 2.35. The van der Waals surface area contributed by atoms with Crippen molar-refractivity contribution in [3.05, 3.63) is 34.6 Å². The summed E-state index contributed by atoms with van der Waals surface area (Å²) in [6.07, 6.45) is 2.39. The predicted octanol–water partition coefficient (Wildman–Crippen LogP) is 2.60. The minimum Gasteiger partial charge on any atom is -0.374 e. The lowest BCUT2D eigenvalue weighted by atomic mass is 9.97. The molecule has 1 saturated heterocycles. The lowest BCUT2D eigenvalue weighted by molar-refractivity contribution is -0.0624. The highest BCUT2D eigenvalue weighted by atomic mass is 35.5. The Morgan fingerprint density at radius 3 is 2.95 bits per heavy atom. The fourth-order valence-corrected chi connectivity index (χ4v) is 3.08. The Morgan fingerprint density at radius 1 is 1.45 bits per heavy atom. The molecule has 1 aliphatic carbocycles. The van der Waals surface area contributed by atoms with Crippen LogP contribution in [-0.2, 0) is 4.74 Å². The number of nitrogens with one attached hydrogen (secondary N) is 1. The van der Waals surface area contributed by atoms with Gasteiger partial charge in [-0.15, -0.1) is 0 Å². The van der Waals surface area contributed by atoms with E-state index in [0.717, 1.165) is 13.1 Å². The third-order valence-corrected chi connectivity index (χ3v) is 4.41. The van der Waals surface area contributed by atoms with Crippen molar-refractivity contribution in [2.45, 2.75) is 31.0 Å². The van der Waals surface area contributed by atoms with Crippen molar-refractivity contribution in [2.24, 2.45) is 0 Å². The number of morpholine rings is 1. The quantitative estimate of drug-likeness (QED) is 0.925. The van der Waals surface area contributed by atoms with E-state index in [9.17, 15) is 4.39 Å². The third kappa shape index (κ3) is 2.98. The number of ether oxygens (including phenoxy) is 1. The van der Waals surface area contributed by atoms with Gasteiger partial charge in [0.2, 0.25) is 0 Å². The van der Waals surface area contributed by atoms with E-state index in [1.807, 2.05) is 7.05 Å². The molecule has 2 aliphatic rings. The number of benzene rings is 1. The van der Waals surface area contributed by atoms with E-state index < -0.39 is 0 Å². The lowest BCUT2D eigenvalue weighted by Gasteiger charge is -2.40. The van der Waals surface area contributed by atoms with Gasteiger partial charge in [-0.2, -0.15) is 0 Å². The molecule has 2 atom stereocenters. The molecule has 1 N–H and O–H groups in total. The highest BCUT2D eigenvalue weighted by Crippen LogP contribution is 2.35. The van der Waals surface area contributed by atoms with Crippen LogP contribution in [0, 0.1) is 5.82 Å². The molecule has 0 radical (unpaired) electrons. The van der Waals surface area contributed by atoms with Crippen molar-refractivity contribution in [3.8, 4) is 0 Å². The Labute approximate surface area is 124 Å². The highest BCUT2D eigenvalue weighted by molar-refractivity contribution is 6.31. The summed E-state index contributed by atoms with van der Waals surface area (Å²) < 4.78 is 20.1. The molecule has 1 heterocycles. The maximum Gasteiger partial charge on any atom is 0.129 e. The lowest BCUT2D eigenvalue weighted by Crippen LogP contribution is -2.48. The SMILES string of the molecule is CN1CCOC(CNC2CC2)C1c1c(F)cccc1Cl. The molecular weight excluding hydrogens is 279 g/mol. The number of hydrogen-bond donors (Lipinski definition) is 1. The van der Waals surface area contributed by atoms with Gasteiger partial charge in [0.1, 0.15) is 5.82 Å². The van der Waals surface area contributed by atoms with Crippen LogP contribution in [0.5, 0.6) is 0 Å². The first-order valence-corrected chi connectivity index (χ1v) is 7.53. The summed E-state index contributed by atoms with van der Waals surface area (Å²) in [6.45, 7) is 2.20. The van der Waals surface area contributed by atoms with Gasteiger partial charge in [0.15, 0.2) is 0 Å². The maximum absolute atomic E-state index is 14.2. The molecule has 5 heteroatoms. The van der Waals surface area contributed by atoms with Gasteiger partial charge >= 0.3 is 0 Å². The third-order valence-electron chi connectivity index (χ3n) is 4.08. The second kappa shape index (κ2) is 5.98. The van der Waals surface area contributed by atoms with E-state index in [2.05, 4.69) is 10.2 Å². The Morgan fingerprint density at radius 2 is 2.25 bits per heavy atom. The Bertz CT molecular complexity index is 461. The van der Waals surface area contributed by atoms with Gasteiger partial charge in [0.25, 0.3) is 0 Å². The van der Waals surface area contributed by atoms with Gasteiger partial charge in [0.05, 0.1) is 18.8 Å². The molecule has 2 unspecified atom stereocenters. The molecule has 1 aliphatic heterocycles. The molecule has 0 bridgehead atoms. The summed E-state index contributed by atoms with van der Waals surface area (Å²) in [6, 6.07) is 5.33. The minimum atomic E-state index is -0.253. The monoisotopic (exact) mass is 298 g/mol. The molecule has 3 nitrogen and oxygen atoms in total. The van der Waals surface area contributed by atoms with E-state index in [0.29, 0.717) is 23.2 Å². The number of rotatable bonds is 4. The number of nitrogens with zero attached hydrogens (tertiary/aromatic N) is 1. The number of hydrogen-bond acceptors (Lipinski definition) is 3. The predicted molar refractivity (Wildman–Crippen MR) is 77.5 cm³/mol. The van der Waals surface area contributed by atoms with E-state index in [-0.39, 0.29) is 18.0 Å². The molecule has 110 valence electrons. The first kappa shape index (κ1) is 14.3. The maximum atomic E-state index is 14.2. The smallest absolute Gasteiger partial charge is 0.129 e. The van der Waals surface area contributed by atoms with E-state index in [1.54, 1.807) is 12.1 Å². The van der Waals surface area contributed by atoms with Gasteiger partial charge in [-0.1, -0.05) is 17.7 Å². The van der Waals surface area contributed by atoms with Crippen LogP contribution in [0.2, 0.25) is 5.02 Å². The van der Waals surface area contributed by atoms with Crippen molar-refractivity contribution in [1.29, 1.82) is 0 Å². The molecule has 0 aromatic heterocycles. The molecular formula is C15H20ClFN2O. The molecule has 0 spiro atoms. The molecule has 3 rings (SSSR count). The van der Waals surface area contributed by atoms with Crippen LogP contribution in [0.25, 0.3) is 0 Å². The Balaban J connectivity index is 1.84. The van der Waals surface area contributed by atoms with Crippen molar-refractivity contribution < 1.29 is 9.13 Å². The fourth-order valence-electron chi connectivity index (χ4n) is 2.80. The summed E-state index contributed by atoms with van der Waals surface area (Å²) in [7, 11) is 2.00. The molecule has 1 saturated carbocycles. The first-order chi connectivity index (χ1) is 9.66. The topological polar surface area (TPSA) is 24.5 Å². The van der Waals surface area contributed by atoms with Crippen LogP contribution < -0.4 is 5.32 Å². The van der Waals surface area contributed by atoms with E-state index in [1.165, 1.54) is 18.9 Å². The average molecular weight is 299 g/mol. The second-order valence-electron chi connectivity index (χ2n) is 5.65. The zero-order valence-corrected chi connectivity index (χ0v) is 12.4. The van der Waals surface area contributed by atoms with Gasteiger partial charge in [0, 0.05) is 29.7 Å². The average Bonchev–Trinajstić information content (AvgIpc) is 3.22. The molecule has 0 amide bonds. The van der Waals surface area contributed by atoms with Crippen LogP contribution in [0.15, 0.2) is 18.2 Å². The molecule has 2 fully saturated rings. The summed E-state index contributed by atoms with van der Waals surface area (Å²) in [5, 5.41) is 3.94. The molecule has 20 heavy (non-hydrogen) atoms. The summed E-state index contributed by atoms with van der Waals surface area (Å²) in [5.74, 6) is -0.253. The normalized spacial score (nSPS) is 27.8. The van der Waals surface area contributed by atoms with Crippen molar-refractivity contribution in [1.82, 2.24) is 10.2 Å². The largest absolute Gasteiger partial charge is 0.374 e. The van der Waals surface area contributed by atoms with Crippen LogP contribution in [0.4, 0.5) is 4.39 Å². The van der Waals surface area contributed by atoms with Crippen molar-refractivity contribution >= 4 is 11.6 Å². The summed E-state index contributed by atoms with van der Waals surface area (Å²) in [5.41, 5.74) is 0.555. The van der Waals surface area contributed by atoms with Crippen LogP contribution in [0.1, 0.15) is 24.4 Å². The number of halogens is 2. The standard InChI is InChI=1S/C15H20ClFN2O/c1-19-7-8-20-13(9-18-10-5-6-10)15(19)14-11(16)3-2-4-12(14)17/h2-4,10,13,15,18H,5-9H2,1H3. The minimum absolute atomic E-state index is 0.0660. The zero-order chi connectivity index (χ0) is 14.1. The second-order valence-corrected chi connectivity index (χ2v) is 6.06. The van der Waals surface area contributed by atoms with Crippen LogP contribution in [-0.4, -0.2) is 43.8 Å². The zero-order valence-electron chi connectivity index (χ0n) is 11.6. The fraction of sp³-hybridized carbons (Fsp3) is 0.600. The van der Waals surface area contributed by atoms with Gasteiger partial charge in [-0.25, -0.2) is 4.39 Å². The van der Waals surface area contributed by atoms with E-state index >= 15 is 0 Å². The summed E-state index contributed by atoms with van der Waals surface area (Å²) >= 11 is 6.23. The Hall–Kier alpha value is -0.680. The molecule has 1 aromatic carbocycles. The van der Waals surface area contributed by atoms with Crippen LogP contribution >= 0.6 is 11.6 Å².